The molecule has 0 atom stereocenters. The van der Waals surface area contributed by atoms with E-state index in [4.69, 9.17) is 9.47 Å². The van der Waals surface area contributed by atoms with Gasteiger partial charge in [-0.1, -0.05) is 30.3 Å². The summed E-state index contributed by atoms with van der Waals surface area (Å²) < 4.78 is 11.1. The number of carbonyl (C=O) groups excluding carboxylic acids is 1. The summed E-state index contributed by atoms with van der Waals surface area (Å²) in [6.45, 7) is 4.10. The zero-order valence-corrected chi connectivity index (χ0v) is 15.0. The molecule has 138 valence electrons. The number of nitrogens with one attached hydrogen (secondary N) is 1. The number of benzene rings is 2. The molecule has 5 heteroatoms. The van der Waals surface area contributed by atoms with Gasteiger partial charge >= 0.3 is 0 Å². The standard InChI is InChI=1S/C21H26N2O3/c24-21(17-23-12-15-25-16-13-23)22-19-8-10-20(11-9-19)26-14-4-7-18-5-2-1-3-6-18/h1-3,5-6,8-11H,4,7,12-17H2,(H,22,24). The molecule has 2 aromatic rings. The molecule has 5 nitrogen and oxygen atoms in total. The van der Waals surface area contributed by atoms with Gasteiger partial charge < -0.3 is 14.8 Å². The third-order valence-corrected chi connectivity index (χ3v) is 4.33. The van der Waals surface area contributed by atoms with Crippen LogP contribution in [0.15, 0.2) is 54.6 Å². The van der Waals surface area contributed by atoms with Crippen LogP contribution in [0.2, 0.25) is 0 Å². The number of rotatable bonds is 8. The van der Waals surface area contributed by atoms with Gasteiger partial charge in [0.1, 0.15) is 5.75 Å². The minimum atomic E-state index is 0.00318. The Morgan fingerprint density at radius 3 is 2.50 bits per heavy atom. The normalized spacial score (nSPS) is 14.8. The number of amides is 1. The average molecular weight is 354 g/mol. The number of aryl methyl sites for hydroxylation is 1. The van der Waals surface area contributed by atoms with E-state index in [1.54, 1.807) is 0 Å². The summed E-state index contributed by atoms with van der Waals surface area (Å²) in [5.41, 5.74) is 2.12. The zero-order chi connectivity index (χ0) is 18.0. The fourth-order valence-corrected chi connectivity index (χ4v) is 2.91. The monoisotopic (exact) mass is 354 g/mol. The molecule has 1 N–H and O–H groups in total. The third kappa shape index (κ3) is 6.17. The van der Waals surface area contributed by atoms with E-state index >= 15 is 0 Å². The van der Waals surface area contributed by atoms with E-state index in [-0.39, 0.29) is 5.91 Å². The quantitative estimate of drug-likeness (QED) is 0.741. The Labute approximate surface area is 154 Å². The largest absolute Gasteiger partial charge is 0.494 e. The van der Waals surface area contributed by atoms with Crippen molar-refractivity contribution in [2.75, 3.05) is 44.8 Å². The molecule has 1 amide bonds. The first-order chi connectivity index (χ1) is 12.8. The molecule has 0 unspecified atom stereocenters. The van der Waals surface area contributed by atoms with Crippen molar-refractivity contribution in [3.63, 3.8) is 0 Å². The van der Waals surface area contributed by atoms with Crippen LogP contribution in [0.25, 0.3) is 0 Å². The van der Waals surface area contributed by atoms with Gasteiger partial charge in [0.15, 0.2) is 0 Å². The Morgan fingerprint density at radius 1 is 1.04 bits per heavy atom. The van der Waals surface area contributed by atoms with Gasteiger partial charge in [0.05, 0.1) is 26.4 Å². The predicted molar refractivity (Wildman–Crippen MR) is 103 cm³/mol. The second-order valence-corrected chi connectivity index (χ2v) is 6.40. The average Bonchev–Trinajstić information content (AvgIpc) is 2.68. The van der Waals surface area contributed by atoms with E-state index in [0.717, 1.165) is 37.4 Å². The zero-order valence-electron chi connectivity index (χ0n) is 15.0. The van der Waals surface area contributed by atoms with Crippen molar-refractivity contribution >= 4 is 11.6 Å². The van der Waals surface area contributed by atoms with Crippen molar-refractivity contribution < 1.29 is 14.3 Å². The molecule has 1 aliphatic rings. The van der Waals surface area contributed by atoms with Crippen LogP contribution >= 0.6 is 0 Å². The van der Waals surface area contributed by atoms with Crippen LogP contribution in [-0.4, -0.2) is 50.3 Å². The Bertz CT molecular complexity index is 667. The molecule has 26 heavy (non-hydrogen) atoms. The molecule has 2 aromatic carbocycles. The summed E-state index contributed by atoms with van der Waals surface area (Å²) in [4.78, 5) is 14.2. The summed E-state index contributed by atoms with van der Waals surface area (Å²) in [5, 5.41) is 2.93. The lowest BCUT2D eigenvalue weighted by Gasteiger charge is -2.25. The number of carbonyl (C=O) groups is 1. The van der Waals surface area contributed by atoms with E-state index < -0.39 is 0 Å². The number of morpholine rings is 1. The van der Waals surface area contributed by atoms with Crippen molar-refractivity contribution in [1.29, 1.82) is 0 Å². The number of anilines is 1. The van der Waals surface area contributed by atoms with Gasteiger partial charge in [0, 0.05) is 18.8 Å². The summed E-state index contributed by atoms with van der Waals surface area (Å²) in [5.74, 6) is 0.827. The lowest BCUT2D eigenvalue weighted by molar-refractivity contribution is -0.118. The molecule has 0 saturated carbocycles. The van der Waals surface area contributed by atoms with Crippen LogP contribution in [0.3, 0.4) is 0 Å². The summed E-state index contributed by atoms with van der Waals surface area (Å²) in [7, 11) is 0. The first kappa shape index (κ1) is 18.4. The first-order valence-corrected chi connectivity index (χ1v) is 9.16. The Hall–Kier alpha value is -2.37. The van der Waals surface area contributed by atoms with Crippen molar-refractivity contribution in [2.24, 2.45) is 0 Å². The molecule has 0 radical (unpaired) electrons. The van der Waals surface area contributed by atoms with Crippen molar-refractivity contribution in [3.05, 3.63) is 60.2 Å². The Kier molecular flexibility index (Phi) is 7.05. The van der Waals surface area contributed by atoms with E-state index in [2.05, 4.69) is 34.5 Å². The van der Waals surface area contributed by atoms with Crippen molar-refractivity contribution in [1.82, 2.24) is 4.90 Å². The van der Waals surface area contributed by atoms with Gasteiger partial charge in [0.25, 0.3) is 0 Å². The smallest absolute Gasteiger partial charge is 0.238 e. The Morgan fingerprint density at radius 2 is 1.77 bits per heavy atom. The van der Waals surface area contributed by atoms with Gasteiger partial charge in [0.2, 0.25) is 5.91 Å². The van der Waals surface area contributed by atoms with E-state index in [1.165, 1.54) is 5.56 Å². The van der Waals surface area contributed by atoms with E-state index in [9.17, 15) is 4.79 Å². The summed E-state index contributed by atoms with van der Waals surface area (Å²) in [6.07, 6.45) is 1.98. The topological polar surface area (TPSA) is 50.8 Å². The molecular formula is C21H26N2O3. The first-order valence-electron chi connectivity index (χ1n) is 9.16. The number of hydrogen-bond donors (Lipinski definition) is 1. The highest BCUT2D eigenvalue weighted by atomic mass is 16.5. The van der Waals surface area contributed by atoms with E-state index in [1.807, 2.05) is 30.3 Å². The molecular weight excluding hydrogens is 328 g/mol. The molecule has 0 aliphatic carbocycles. The highest BCUT2D eigenvalue weighted by Crippen LogP contribution is 2.16. The molecule has 3 rings (SSSR count). The fourth-order valence-electron chi connectivity index (χ4n) is 2.91. The molecule has 0 aromatic heterocycles. The second kappa shape index (κ2) is 9.94. The summed E-state index contributed by atoms with van der Waals surface area (Å²) in [6, 6.07) is 18.0. The van der Waals surface area contributed by atoms with Crippen LogP contribution in [0.1, 0.15) is 12.0 Å². The SMILES string of the molecule is O=C(CN1CCOCC1)Nc1ccc(OCCCc2ccccc2)cc1. The number of hydrogen-bond acceptors (Lipinski definition) is 4. The third-order valence-electron chi connectivity index (χ3n) is 4.33. The minimum Gasteiger partial charge on any atom is -0.494 e. The van der Waals surface area contributed by atoms with Crippen molar-refractivity contribution in [2.45, 2.75) is 12.8 Å². The number of ether oxygens (including phenoxy) is 2. The van der Waals surface area contributed by atoms with Gasteiger partial charge in [-0.2, -0.15) is 0 Å². The molecule has 1 heterocycles. The van der Waals surface area contributed by atoms with Crippen LogP contribution < -0.4 is 10.1 Å². The molecule has 1 aliphatic heterocycles. The van der Waals surface area contributed by atoms with Crippen LogP contribution in [0.4, 0.5) is 5.69 Å². The van der Waals surface area contributed by atoms with Gasteiger partial charge in [-0.25, -0.2) is 0 Å². The van der Waals surface area contributed by atoms with Gasteiger partial charge in [-0.3, -0.25) is 9.69 Å². The highest BCUT2D eigenvalue weighted by molar-refractivity contribution is 5.92. The van der Waals surface area contributed by atoms with Crippen LogP contribution in [0, 0.1) is 0 Å². The summed E-state index contributed by atoms with van der Waals surface area (Å²) >= 11 is 0. The maximum atomic E-state index is 12.1. The maximum Gasteiger partial charge on any atom is 0.238 e. The second-order valence-electron chi connectivity index (χ2n) is 6.40. The van der Waals surface area contributed by atoms with Crippen molar-refractivity contribution in [3.8, 4) is 5.75 Å². The molecule has 0 bridgehead atoms. The maximum absolute atomic E-state index is 12.1. The van der Waals surface area contributed by atoms with Crippen LogP contribution in [0.5, 0.6) is 5.75 Å². The molecule has 1 fully saturated rings. The number of nitrogens with zero attached hydrogens (tertiary/aromatic N) is 1. The fraction of sp³-hybridized carbons (Fsp3) is 0.381. The molecule has 1 saturated heterocycles. The van der Waals surface area contributed by atoms with Gasteiger partial charge in [-0.15, -0.1) is 0 Å². The highest BCUT2D eigenvalue weighted by Gasteiger charge is 2.14. The Balaban J connectivity index is 1.36. The minimum absolute atomic E-state index is 0.00318. The lowest BCUT2D eigenvalue weighted by atomic mass is 10.1. The molecule has 0 spiro atoms. The predicted octanol–water partition coefficient (Wildman–Crippen LogP) is 2.97. The van der Waals surface area contributed by atoms with Crippen LogP contribution in [-0.2, 0) is 16.0 Å². The van der Waals surface area contributed by atoms with Gasteiger partial charge in [-0.05, 0) is 42.7 Å². The van der Waals surface area contributed by atoms with E-state index in [0.29, 0.717) is 26.4 Å². The lowest BCUT2D eigenvalue weighted by Crippen LogP contribution is -2.41.